The summed E-state index contributed by atoms with van der Waals surface area (Å²) in [6, 6.07) is 1.87. The number of carbonyl (C=O) groups excluding carboxylic acids is 1. The molecule has 1 fully saturated rings. The Morgan fingerprint density at radius 3 is 2.45 bits per heavy atom. The third-order valence-electron chi connectivity index (χ3n) is 3.24. The number of amides is 1. The average molecular weight is 364 g/mol. The molecule has 0 unspecified atom stereocenters. The summed E-state index contributed by atoms with van der Waals surface area (Å²) < 4.78 is 4.96. The second-order valence-corrected chi connectivity index (χ2v) is 5.63. The maximum absolute atomic E-state index is 11.7. The maximum Gasteiger partial charge on any atom is 0.409 e. The molecule has 6 nitrogen and oxygen atoms in total. The van der Waals surface area contributed by atoms with E-state index in [0.717, 1.165) is 0 Å². The number of nitrogens with zero attached hydrogens (tertiary/aromatic N) is 4. The Kier molecular flexibility index (Phi) is 5.57. The molecular weight excluding hydrogens is 351 g/mol. The Morgan fingerprint density at radius 1 is 1.27 bits per heavy atom. The molecule has 9 heteroatoms. The lowest BCUT2D eigenvalue weighted by molar-refractivity contribution is 0.105. The van der Waals surface area contributed by atoms with Gasteiger partial charge >= 0.3 is 6.09 Å². The minimum atomic E-state index is -0.336. The predicted molar refractivity (Wildman–Crippen MR) is 84.8 cm³/mol. The van der Waals surface area contributed by atoms with Crippen LogP contribution >= 0.6 is 34.8 Å². The molecule has 1 aliphatic rings. The molecule has 0 spiro atoms. The Hall–Kier alpha value is -1.42. The van der Waals surface area contributed by atoms with Crippen molar-refractivity contribution in [2.24, 2.45) is 0 Å². The highest BCUT2D eigenvalue weighted by atomic mass is 35.5. The van der Waals surface area contributed by atoms with Gasteiger partial charge in [-0.05, 0) is 6.92 Å². The largest absolute Gasteiger partial charge is 0.450 e. The van der Waals surface area contributed by atoms with Gasteiger partial charge in [0.25, 0.3) is 0 Å². The third kappa shape index (κ3) is 3.32. The zero-order chi connectivity index (χ0) is 16.3. The quantitative estimate of drug-likeness (QED) is 0.755. The lowest BCUT2D eigenvalue weighted by Gasteiger charge is -2.35. The molecule has 1 aliphatic heterocycles. The Morgan fingerprint density at radius 2 is 1.91 bits per heavy atom. The fourth-order valence-electron chi connectivity index (χ4n) is 2.12. The number of anilines is 1. The molecule has 1 aromatic heterocycles. The fourth-order valence-corrected chi connectivity index (χ4v) is 2.85. The first-order chi connectivity index (χ1) is 10.5. The standard InChI is InChI=1S/C13H13Cl3N4O2/c1-2-22-13(21)20-5-3-19(4-6-20)12-10(15)9(14)8(7-17)11(16)18-12/h2-6H2,1H3. The summed E-state index contributed by atoms with van der Waals surface area (Å²) in [6.45, 7) is 4.10. The summed E-state index contributed by atoms with van der Waals surface area (Å²) in [5.74, 6) is 0.416. The number of nitriles is 1. The van der Waals surface area contributed by atoms with Crippen LogP contribution in [0, 0.1) is 11.3 Å². The number of ether oxygens (including phenoxy) is 1. The number of hydrogen-bond acceptors (Lipinski definition) is 5. The topological polar surface area (TPSA) is 69.5 Å². The number of carbonyl (C=O) groups is 1. The van der Waals surface area contributed by atoms with Crippen LogP contribution in [0.5, 0.6) is 0 Å². The number of piperazine rings is 1. The van der Waals surface area contributed by atoms with Crippen molar-refractivity contribution in [1.82, 2.24) is 9.88 Å². The summed E-state index contributed by atoms with van der Waals surface area (Å²) >= 11 is 18.2. The number of rotatable bonds is 2. The zero-order valence-corrected chi connectivity index (χ0v) is 14.0. The van der Waals surface area contributed by atoms with Gasteiger partial charge in [0.05, 0.1) is 11.6 Å². The van der Waals surface area contributed by atoms with Gasteiger partial charge in [0.2, 0.25) is 0 Å². The number of pyridine rings is 1. The van der Waals surface area contributed by atoms with Gasteiger partial charge in [0.1, 0.15) is 16.7 Å². The second-order valence-electron chi connectivity index (χ2n) is 4.51. The van der Waals surface area contributed by atoms with Crippen LogP contribution in [0.1, 0.15) is 12.5 Å². The van der Waals surface area contributed by atoms with Crippen molar-refractivity contribution in [3.8, 4) is 6.07 Å². The highest BCUT2D eigenvalue weighted by Gasteiger charge is 2.26. The van der Waals surface area contributed by atoms with Crippen molar-refractivity contribution >= 4 is 46.7 Å². The lowest BCUT2D eigenvalue weighted by Crippen LogP contribution is -2.49. The molecule has 0 radical (unpaired) electrons. The molecule has 1 amide bonds. The molecule has 0 aliphatic carbocycles. The molecule has 0 aromatic carbocycles. The van der Waals surface area contributed by atoms with Gasteiger partial charge in [0.15, 0.2) is 11.0 Å². The van der Waals surface area contributed by atoms with E-state index in [2.05, 4.69) is 4.98 Å². The average Bonchev–Trinajstić information content (AvgIpc) is 2.52. The minimum Gasteiger partial charge on any atom is -0.450 e. The van der Waals surface area contributed by atoms with Crippen molar-refractivity contribution < 1.29 is 9.53 Å². The lowest BCUT2D eigenvalue weighted by atomic mass is 10.2. The highest BCUT2D eigenvalue weighted by Crippen LogP contribution is 2.36. The Bertz CT molecular complexity index is 625. The second kappa shape index (κ2) is 7.23. The van der Waals surface area contributed by atoms with E-state index >= 15 is 0 Å². The highest BCUT2D eigenvalue weighted by molar-refractivity contribution is 6.45. The van der Waals surface area contributed by atoms with E-state index in [1.54, 1.807) is 11.8 Å². The maximum atomic E-state index is 11.7. The van der Waals surface area contributed by atoms with Crippen LogP contribution in [0.2, 0.25) is 15.2 Å². The molecule has 118 valence electrons. The summed E-state index contributed by atoms with van der Waals surface area (Å²) in [6.07, 6.45) is -0.336. The number of hydrogen-bond donors (Lipinski definition) is 0. The van der Waals surface area contributed by atoms with Gasteiger partial charge < -0.3 is 14.5 Å². The van der Waals surface area contributed by atoms with Crippen molar-refractivity contribution in [2.45, 2.75) is 6.92 Å². The van der Waals surface area contributed by atoms with Crippen molar-refractivity contribution in [2.75, 3.05) is 37.7 Å². The van der Waals surface area contributed by atoms with E-state index in [9.17, 15) is 4.79 Å². The van der Waals surface area contributed by atoms with Crippen LogP contribution in [-0.4, -0.2) is 48.8 Å². The smallest absolute Gasteiger partial charge is 0.409 e. The molecule has 1 saturated heterocycles. The molecule has 0 saturated carbocycles. The fraction of sp³-hybridized carbons (Fsp3) is 0.462. The SMILES string of the molecule is CCOC(=O)N1CCN(c2nc(Cl)c(C#N)c(Cl)c2Cl)CC1. The molecular formula is C13H13Cl3N4O2. The number of halogens is 3. The van der Waals surface area contributed by atoms with E-state index in [4.69, 9.17) is 44.8 Å². The van der Waals surface area contributed by atoms with Gasteiger partial charge in [-0.3, -0.25) is 0 Å². The van der Waals surface area contributed by atoms with Crippen LogP contribution in [0.25, 0.3) is 0 Å². The van der Waals surface area contributed by atoms with E-state index in [1.807, 2.05) is 11.0 Å². The van der Waals surface area contributed by atoms with Crippen LogP contribution < -0.4 is 4.90 Å². The van der Waals surface area contributed by atoms with Gasteiger partial charge in [-0.15, -0.1) is 0 Å². The van der Waals surface area contributed by atoms with E-state index < -0.39 is 0 Å². The monoisotopic (exact) mass is 362 g/mol. The summed E-state index contributed by atoms with van der Waals surface area (Å²) in [4.78, 5) is 19.3. The van der Waals surface area contributed by atoms with Crippen molar-refractivity contribution in [3.05, 3.63) is 20.8 Å². The van der Waals surface area contributed by atoms with Crippen molar-refractivity contribution in [1.29, 1.82) is 5.26 Å². The molecule has 0 bridgehead atoms. The first kappa shape index (κ1) is 16.9. The molecule has 22 heavy (non-hydrogen) atoms. The van der Waals surface area contributed by atoms with E-state index in [-0.39, 0.29) is 26.9 Å². The first-order valence-corrected chi connectivity index (χ1v) is 7.74. The molecule has 2 heterocycles. The first-order valence-electron chi connectivity index (χ1n) is 6.60. The zero-order valence-electron chi connectivity index (χ0n) is 11.8. The van der Waals surface area contributed by atoms with Gasteiger partial charge in [0, 0.05) is 26.2 Å². The summed E-state index contributed by atoms with van der Waals surface area (Å²) in [5.41, 5.74) is 0.0576. The molecule has 0 atom stereocenters. The van der Waals surface area contributed by atoms with Gasteiger partial charge in [-0.25, -0.2) is 9.78 Å². The summed E-state index contributed by atoms with van der Waals surface area (Å²) in [5, 5.41) is 9.27. The molecule has 1 aromatic rings. The Balaban J connectivity index is 2.16. The third-order valence-corrected chi connectivity index (χ3v) is 4.34. The number of aromatic nitrogens is 1. The van der Waals surface area contributed by atoms with Crippen molar-refractivity contribution in [3.63, 3.8) is 0 Å². The minimum absolute atomic E-state index is 0.0136. The van der Waals surface area contributed by atoms with Crippen LogP contribution in [-0.2, 0) is 4.74 Å². The van der Waals surface area contributed by atoms with Gasteiger partial charge in [-0.1, -0.05) is 34.8 Å². The van der Waals surface area contributed by atoms with Crippen LogP contribution in [0.15, 0.2) is 0 Å². The van der Waals surface area contributed by atoms with E-state index in [0.29, 0.717) is 38.6 Å². The molecule has 2 rings (SSSR count). The van der Waals surface area contributed by atoms with E-state index in [1.165, 1.54) is 0 Å². The van der Waals surface area contributed by atoms with Crippen LogP contribution in [0.4, 0.5) is 10.6 Å². The van der Waals surface area contributed by atoms with Crippen LogP contribution in [0.3, 0.4) is 0 Å². The summed E-state index contributed by atoms with van der Waals surface area (Å²) in [7, 11) is 0. The molecule has 0 N–H and O–H groups in total. The Labute approximate surface area is 143 Å². The predicted octanol–water partition coefficient (Wildman–Crippen LogP) is 3.19. The van der Waals surface area contributed by atoms with Gasteiger partial charge in [-0.2, -0.15) is 5.26 Å². The normalized spacial score (nSPS) is 14.7.